The van der Waals surface area contributed by atoms with Crippen LogP contribution in [0.4, 0.5) is 10.5 Å². The van der Waals surface area contributed by atoms with Crippen molar-refractivity contribution in [1.82, 2.24) is 10.2 Å². The Balaban J connectivity index is 1.57. The van der Waals surface area contributed by atoms with E-state index in [-0.39, 0.29) is 30.8 Å². The lowest BCUT2D eigenvalue weighted by Crippen LogP contribution is -2.45. The number of piperidine rings is 1. The standard InChI is InChI=1S/C27H37N3O4/c1-3-28-27(32)29-23-9-7-8-22(16-23)26-33-24(17-30-14-5-4-6-15-30)19(2)25(34-26)21-12-10-20(18-31)11-13-21/h7-13,16,19,24-26,31H,3-6,14-15,17-18H2,1-2H3,(H2,28,29,32)/t19-,24+,25+,26+/m0/s1. The summed E-state index contributed by atoms with van der Waals surface area (Å²) >= 11 is 0. The van der Waals surface area contributed by atoms with E-state index < -0.39 is 6.29 Å². The number of hydrogen-bond donors (Lipinski definition) is 3. The van der Waals surface area contributed by atoms with Crippen molar-refractivity contribution < 1.29 is 19.4 Å². The van der Waals surface area contributed by atoms with Crippen LogP contribution in [0.25, 0.3) is 0 Å². The molecule has 0 saturated carbocycles. The van der Waals surface area contributed by atoms with E-state index in [1.165, 1.54) is 19.3 Å². The van der Waals surface area contributed by atoms with Gasteiger partial charge in [0.1, 0.15) is 0 Å². The van der Waals surface area contributed by atoms with Crippen LogP contribution in [0.5, 0.6) is 0 Å². The molecule has 2 saturated heterocycles. The van der Waals surface area contributed by atoms with Gasteiger partial charge in [0.25, 0.3) is 0 Å². The number of nitrogens with zero attached hydrogens (tertiary/aromatic N) is 1. The zero-order chi connectivity index (χ0) is 23.9. The Kier molecular flexibility index (Phi) is 8.56. The molecule has 0 bridgehead atoms. The minimum absolute atomic E-state index is 0.0133. The molecule has 2 fully saturated rings. The molecule has 34 heavy (non-hydrogen) atoms. The molecule has 7 heteroatoms. The van der Waals surface area contributed by atoms with Crippen LogP contribution in [0, 0.1) is 5.92 Å². The smallest absolute Gasteiger partial charge is 0.319 e. The number of benzene rings is 2. The first-order valence-electron chi connectivity index (χ1n) is 12.4. The molecular formula is C27H37N3O4. The highest BCUT2D eigenvalue weighted by molar-refractivity contribution is 5.89. The van der Waals surface area contributed by atoms with Crippen LogP contribution in [0.3, 0.4) is 0 Å². The van der Waals surface area contributed by atoms with Gasteiger partial charge >= 0.3 is 6.03 Å². The Labute approximate surface area is 202 Å². The van der Waals surface area contributed by atoms with Gasteiger partial charge in [-0.1, -0.05) is 49.7 Å². The molecule has 184 valence electrons. The van der Waals surface area contributed by atoms with E-state index in [0.29, 0.717) is 12.2 Å². The molecule has 4 atom stereocenters. The molecule has 0 radical (unpaired) electrons. The summed E-state index contributed by atoms with van der Waals surface area (Å²) < 4.78 is 13.1. The Bertz CT molecular complexity index is 930. The Morgan fingerprint density at radius 1 is 1.06 bits per heavy atom. The van der Waals surface area contributed by atoms with Gasteiger partial charge < -0.3 is 30.1 Å². The van der Waals surface area contributed by atoms with E-state index in [9.17, 15) is 9.90 Å². The number of likely N-dealkylation sites (tertiary alicyclic amines) is 1. The Morgan fingerprint density at radius 2 is 1.82 bits per heavy atom. The summed E-state index contributed by atoms with van der Waals surface area (Å²) in [5.41, 5.74) is 3.54. The first-order chi connectivity index (χ1) is 16.6. The lowest BCUT2D eigenvalue weighted by atomic mass is 9.89. The van der Waals surface area contributed by atoms with E-state index in [1.54, 1.807) is 0 Å². The number of nitrogens with one attached hydrogen (secondary N) is 2. The maximum absolute atomic E-state index is 12.0. The zero-order valence-electron chi connectivity index (χ0n) is 20.2. The van der Waals surface area contributed by atoms with Crippen molar-refractivity contribution in [3.05, 3.63) is 65.2 Å². The van der Waals surface area contributed by atoms with Crippen LogP contribution in [0.2, 0.25) is 0 Å². The predicted octanol–water partition coefficient (Wildman–Crippen LogP) is 4.60. The number of aliphatic hydroxyl groups excluding tert-OH is 1. The molecule has 3 N–H and O–H groups in total. The summed E-state index contributed by atoms with van der Waals surface area (Å²) in [5, 5.41) is 15.1. The molecule has 2 heterocycles. The molecule has 2 aliphatic heterocycles. The third-order valence-electron chi connectivity index (χ3n) is 6.76. The average Bonchev–Trinajstić information content (AvgIpc) is 2.86. The minimum Gasteiger partial charge on any atom is -0.392 e. The molecule has 0 aliphatic carbocycles. The largest absolute Gasteiger partial charge is 0.392 e. The number of ether oxygens (including phenoxy) is 2. The molecule has 7 nitrogen and oxygen atoms in total. The number of rotatable bonds is 7. The second-order valence-electron chi connectivity index (χ2n) is 9.29. The summed E-state index contributed by atoms with van der Waals surface area (Å²) in [5.74, 6) is 0.162. The first-order valence-corrected chi connectivity index (χ1v) is 12.4. The maximum Gasteiger partial charge on any atom is 0.319 e. The average molecular weight is 468 g/mol. The molecule has 0 aromatic heterocycles. The molecule has 0 spiro atoms. The van der Waals surface area contributed by atoms with Crippen LogP contribution < -0.4 is 10.6 Å². The normalized spacial score (nSPS) is 25.6. The second kappa shape index (κ2) is 11.8. The predicted molar refractivity (Wildman–Crippen MR) is 132 cm³/mol. The number of hydrogen-bond acceptors (Lipinski definition) is 5. The summed E-state index contributed by atoms with van der Waals surface area (Å²) in [6.45, 7) is 7.77. The van der Waals surface area contributed by atoms with Crippen LogP contribution in [0.15, 0.2) is 48.5 Å². The van der Waals surface area contributed by atoms with E-state index in [2.05, 4.69) is 22.5 Å². The van der Waals surface area contributed by atoms with Gasteiger partial charge in [-0.3, -0.25) is 0 Å². The van der Waals surface area contributed by atoms with Crippen molar-refractivity contribution in [3.8, 4) is 0 Å². The van der Waals surface area contributed by atoms with Crippen molar-refractivity contribution in [2.24, 2.45) is 5.92 Å². The molecule has 2 aromatic carbocycles. The fraction of sp³-hybridized carbons (Fsp3) is 0.519. The molecule has 2 aliphatic rings. The van der Waals surface area contributed by atoms with Crippen LogP contribution >= 0.6 is 0 Å². The topological polar surface area (TPSA) is 83.1 Å². The summed E-state index contributed by atoms with van der Waals surface area (Å²) in [6.07, 6.45) is 3.11. The third-order valence-corrected chi connectivity index (χ3v) is 6.76. The molecule has 0 unspecified atom stereocenters. The molecule has 4 rings (SSSR count). The second-order valence-corrected chi connectivity index (χ2v) is 9.29. The van der Waals surface area contributed by atoms with E-state index in [1.807, 2.05) is 55.5 Å². The highest BCUT2D eigenvalue weighted by atomic mass is 16.7. The van der Waals surface area contributed by atoms with Crippen LogP contribution in [-0.2, 0) is 16.1 Å². The molecule has 2 amide bonds. The summed E-state index contributed by atoms with van der Waals surface area (Å²) in [4.78, 5) is 14.5. The third kappa shape index (κ3) is 6.16. The van der Waals surface area contributed by atoms with Crippen molar-refractivity contribution >= 4 is 11.7 Å². The Hall–Kier alpha value is -2.45. The highest BCUT2D eigenvalue weighted by Crippen LogP contribution is 2.42. The van der Waals surface area contributed by atoms with Crippen molar-refractivity contribution in [1.29, 1.82) is 0 Å². The van der Waals surface area contributed by atoms with Gasteiger partial charge in [0, 0.05) is 30.3 Å². The highest BCUT2D eigenvalue weighted by Gasteiger charge is 2.39. The van der Waals surface area contributed by atoms with Gasteiger partial charge in [0.2, 0.25) is 0 Å². The van der Waals surface area contributed by atoms with Gasteiger partial charge in [-0.25, -0.2) is 4.79 Å². The minimum atomic E-state index is -0.538. The van der Waals surface area contributed by atoms with Crippen LogP contribution in [-0.4, -0.2) is 48.3 Å². The number of aliphatic hydroxyl groups is 1. The monoisotopic (exact) mass is 467 g/mol. The Morgan fingerprint density at radius 3 is 2.53 bits per heavy atom. The van der Waals surface area contributed by atoms with Gasteiger partial charge in [0.05, 0.1) is 18.8 Å². The number of carbonyl (C=O) groups is 1. The first kappa shape index (κ1) is 24.7. The lowest BCUT2D eigenvalue weighted by molar-refractivity contribution is -0.276. The summed E-state index contributed by atoms with van der Waals surface area (Å²) in [7, 11) is 0. The van der Waals surface area contributed by atoms with Gasteiger partial charge in [-0.2, -0.15) is 0 Å². The SMILES string of the molecule is CCNC(=O)Nc1cccc([C@@H]2O[C@H](CN3CCCCC3)[C@H](C)[C@H](c3ccc(CO)cc3)O2)c1. The van der Waals surface area contributed by atoms with E-state index in [0.717, 1.165) is 36.3 Å². The molecular weight excluding hydrogens is 430 g/mol. The van der Waals surface area contributed by atoms with E-state index >= 15 is 0 Å². The van der Waals surface area contributed by atoms with Gasteiger partial charge in [0.15, 0.2) is 6.29 Å². The van der Waals surface area contributed by atoms with Crippen molar-refractivity contribution in [3.63, 3.8) is 0 Å². The number of anilines is 1. The van der Waals surface area contributed by atoms with Crippen molar-refractivity contribution in [2.45, 2.75) is 58.2 Å². The van der Waals surface area contributed by atoms with Gasteiger partial charge in [-0.05, 0) is 56.1 Å². The number of amides is 2. The number of urea groups is 1. The fourth-order valence-corrected chi connectivity index (χ4v) is 4.82. The fourth-order valence-electron chi connectivity index (χ4n) is 4.82. The van der Waals surface area contributed by atoms with Crippen LogP contribution in [0.1, 0.15) is 62.2 Å². The number of carbonyl (C=O) groups excluding carboxylic acids is 1. The van der Waals surface area contributed by atoms with E-state index in [4.69, 9.17) is 9.47 Å². The maximum atomic E-state index is 12.0. The zero-order valence-corrected chi connectivity index (χ0v) is 20.2. The van der Waals surface area contributed by atoms with Crippen molar-refractivity contribution in [2.75, 3.05) is 31.5 Å². The van der Waals surface area contributed by atoms with Gasteiger partial charge in [-0.15, -0.1) is 0 Å². The molecule has 2 aromatic rings. The quantitative estimate of drug-likeness (QED) is 0.554. The summed E-state index contributed by atoms with van der Waals surface area (Å²) in [6, 6.07) is 15.4. The lowest BCUT2D eigenvalue weighted by Gasteiger charge is -2.43.